The van der Waals surface area contributed by atoms with E-state index in [9.17, 15) is 4.79 Å². The van der Waals surface area contributed by atoms with Crippen LogP contribution in [0.4, 0.5) is 5.69 Å². The molecule has 124 valence electrons. The first-order valence-corrected chi connectivity index (χ1v) is 8.45. The summed E-state index contributed by atoms with van der Waals surface area (Å²) in [5.74, 6) is 0.386. The molecule has 0 spiro atoms. The van der Waals surface area contributed by atoms with Crippen LogP contribution in [0.1, 0.15) is 5.56 Å². The summed E-state index contributed by atoms with van der Waals surface area (Å²) in [5.41, 5.74) is 1.60. The number of anilines is 1. The molecule has 2 N–H and O–H groups in total. The van der Waals surface area contributed by atoms with E-state index in [0.29, 0.717) is 10.8 Å². The third kappa shape index (κ3) is 5.63. The zero-order valence-corrected chi connectivity index (χ0v) is 15.8. The first-order valence-electron chi connectivity index (χ1n) is 6.87. The van der Waals surface area contributed by atoms with Crippen LogP contribution in [0.5, 0.6) is 5.75 Å². The molecule has 0 unspecified atom stereocenters. The van der Waals surface area contributed by atoms with Crippen LogP contribution < -0.4 is 15.4 Å². The topological polar surface area (TPSA) is 50.4 Å². The van der Waals surface area contributed by atoms with E-state index in [4.69, 9.17) is 28.6 Å². The van der Waals surface area contributed by atoms with Gasteiger partial charge in [-0.15, -0.1) is 0 Å². The molecule has 4 nitrogen and oxygen atoms in total. The molecule has 0 atom stereocenters. The monoisotopic (exact) mass is 424 g/mol. The number of benzene rings is 2. The molecule has 2 rings (SSSR count). The minimum atomic E-state index is -0.324. The summed E-state index contributed by atoms with van der Waals surface area (Å²) in [6.45, 7) is 0. The van der Waals surface area contributed by atoms with Crippen molar-refractivity contribution < 1.29 is 9.53 Å². The Morgan fingerprint density at radius 3 is 2.58 bits per heavy atom. The molecule has 0 fully saturated rings. The molecule has 1 amide bonds. The summed E-state index contributed by atoms with van der Waals surface area (Å²) in [4.78, 5) is 11.9. The molecular weight excluding hydrogens is 412 g/mol. The van der Waals surface area contributed by atoms with Crippen molar-refractivity contribution in [2.24, 2.45) is 0 Å². The Morgan fingerprint density at radius 1 is 1.25 bits per heavy atom. The predicted octanol–water partition coefficient (Wildman–Crippen LogP) is 4.64. The lowest BCUT2D eigenvalue weighted by molar-refractivity contribution is -0.115. The number of thiocarbonyl (C=S) groups is 1. The second kappa shape index (κ2) is 8.82. The number of hydrogen-bond acceptors (Lipinski definition) is 3. The van der Waals surface area contributed by atoms with Crippen LogP contribution in [0.15, 0.2) is 53.0 Å². The van der Waals surface area contributed by atoms with Crippen molar-refractivity contribution in [3.05, 3.63) is 63.6 Å². The Labute approximate surface area is 159 Å². The van der Waals surface area contributed by atoms with Crippen LogP contribution in [-0.4, -0.2) is 18.1 Å². The first kappa shape index (κ1) is 18.4. The van der Waals surface area contributed by atoms with Gasteiger partial charge in [-0.25, -0.2) is 0 Å². The lowest BCUT2D eigenvalue weighted by Crippen LogP contribution is -2.32. The number of methoxy groups -OCH3 is 1. The maximum atomic E-state index is 11.9. The number of carbonyl (C=O) groups excluding carboxylic acids is 1. The van der Waals surface area contributed by atoms with E-state index in [0.717, 1.165) is 15.7 Å². The van der Waals surface area contributed by atoms with E-state index < -0.39 is 0 Å². The number of rotatable bonds is 4. The maximum Gasteiger partial charge on any atom is 0.250 e. The summed E-state index contributed by atoms with van der Waals surface area (Å²) < 4.78 is 5.94. The van der Waals surface area contributed by atoms with Gasteiger partial charge in [0.1, 0.15) is 5.75 Å². The first-order chi connectivity index (χ1) is 11.5. The van der Waals surface area contributed by atoms with Gasteiger partial charge in [-0.05, 0) is 70.1 Å². The highest BCUT2D eigenvalue weighted by atomic mass is 79.9. The van der Waals surface area contributed by atoms with E-state index in [1.807, 2.05) is 12.1 Å². The van der Waals surface area contributed by atoms with Gasteiger partial charge in [-0.2, -0.15) is 0 Å². The summed E-state index contributed by atoms with van der Waals surface area (Å²) in [6.07, 6.45) is 3.08. The predicted molar refractivity (Wildman–Crippen MR) is 106 cm³/mol. The van der Waals surface area contributed by atoms with Gasteiger partial charge in [-0.1, -0.05) is 23.7 Å². The van der Waals surface area contributed by atoms with Crippen molar-refractivity contribution in [1.82, 2.24) is 5.32 Å². The van der Waals surface area contributed by atoms with Gasteiger partial charge in [0.15, 0.2) is 5.11 Å². The fourth-order valence-electron chi connectivity index (χ4n) is 1.81. The molecule has 0 bridgehead atoms. The van der Waals surface area contributed by atoms with Gasteiger partial charge >= 0.3 is 0 Å². The summed E-state index contributed by atoms with van der Waals surface area (Å²) in [5, 5.41) is 6.37. The van der Waals surface area contributed by atoms with Crippen LogP contribution in [-0.2, 0) is 4.79 Å². The summed E-state index contributed by atoms with van der Waals surface area (Å²) >= 11 is 14.3. The Morgan fingerprint density at radius 2 is 1.96 bits per heavy atom. The molecule has 7 heteroatoms. The zero-order chi connectivity index (χ0) is 17.5. The highest BCUT2D eigenvalue weighted by molar-refractivity contribution is 9.10. The molecular formula is C17H14BrClN2O2S. The largest absolute Gasteiger partial charge is 0.496 e. The van der Waals surface area contributed by atoms with E-state index in [1.54, 1.807) is 43.5 Å². The molecule has 0 saturated heterocycles. The average molecular weight is 426 g/mol. The van der Waals surface area contributed by atoms with Crippen molar-refractivity contribution in [1.29, 1.82) is 0 Å². The molecule has 0 saturated carbocycles. The van der Waals surface area contributed by atoms with Crippen LogP contribution >= 0.6 is 39.7 Å². The van der Waals surface area contributed by atoms with Crippen molar-refractivity contribution in [3.63, 3.8) is 0 Å². The minimum absolute atomic E-state index is 0.206. The van der Waals surface area contributed by atoms with E-state index in [-0.39, 0.29) is 11.0 Å². The minimum Gasteiger partial charge on any atom is -0.496 e. The fourth-order valence-corrected chi connectivity index (χ4v) is 2.69. The number of hydrogen-bond donors (Lipinski definition) is 2. The van der Waals surface area contributed by atoms with Gasteiger partial charge in [0.05, 0.1) is 11.6 Å². The lowest BCUT2D eigenvalue weighted by Gasteiger charge is -2.10. The third-order valence-electron chi connectivity index (χ3n) is 2.94. The second-order valence-electron chi connectivity index (χ2n) is 4.68. The Hall–Kier alpha value is -1.89. The number of amides is 1. The summed E-state index contributed by atoms with van der Waals surface area (Å²) in [6, 6.07) is 12.5. The molecule has 0 aliphatic heterocycles. The van der Waals surface area contributed by atoms with Crippen LogP contribution in [0.3, 0.4) is 0 Å². The maximum absolute atomic E-state index is 11.9. The highest BCUT2D eigenvalue weighted by Gasteiger charge is 2.05. The zero-order valence-electron chi connectivity index (χ0n) is 12.7. The average Bonchev–Trinajstić information content (AvgIpc) is 2.54. The van der Waals surface area contributed by atoms with Gasteiger partial charge in [0.25, 0.3) is 0 Å². The van der Waals surface area contributed by atoms with Gasteiger partial charge in [0, 0.05) is 16.8 Å². The fraction of sp³-hybridized carbons (Fsp3) is 0.0588. The van der Waals surface area contributed by atoms with E-state index >= 15 is 0 Å². The number of carbonyl (C=O) groups is 1. The molecule has 2 aromatic carbocycles. The normalized spacial score (nSPS) is 10.5. The van der Waals surface area contributed by atoms with Crippen LogP contribution in [0.2, 0.25) is 5.02 Å². The second-order valence-corrected chi connectivity index (χ2v) is 6.38. The molecule has 0 aliphatic rings. The molecule has 0 radical (unpaired) electrons. The highest BCUT2D eigenvalue weighted by Crippen LogP contribution is 2.27. The van der Waals surface area contributed by atoms with Gasteiger partial charge in [0.2, 0.25) is 5.91 Å². The molecule has 24 heavy (non-hydrogen) atoms. The van der Waals surface area contributed by atoms with Crippen LogP contribution in [0.25, 0.3) is 6.08 Å². The number of ether oxygens (including phenoxy) is 1. The van der Waals surface area contributed by atoms with E-state index in [2.05, 4.69) is 26.6 Å². The Bertz CT molecular complexity index is 779. The molecule has 0 aromatic heterocycles. The van der Waals surface area contributed by atoms with Crippen molar-refractivity contribution in [2.45, 2.75) is 0 Å². The standard InChI is InChI=1S/C17H14BrClN2O2S/c1-23-15-8-7-13(10-14(15)18)20-17(24)21-16(22)9-4-11-2-5-12(19)6-3-11/h2-10H,1H3,(H2,20,21,22,24)/b9-4+. The van der Waals surface area contributed by atoms with Crippen molar-refractivity contribution >= 4 is 62.5 Å². The van der Waals surface area contributed by atoms with Gasteiger partial charge in [-0.3, -0.25) is 10.1 Å². The third-order valence-corrected chi connectivity index (χ3v) is 4.02. The summed E-state index contributed by atoms with van der Waals surface area (Å²) in [7, 11) is 1.59. The Balaban J connectivity index is 1.90. The SMILES string of the molecule is COc1ccc(NC(=S)NC(=O)/C=C/c2ccc(Cl)cc2)cc1Br. The number of halogens is 2. The Kier molecular flexibility index (Phi) is 6.78. The quantitative estimate of drug-likeness (QED) is 0.553. The lowest BCUT2D eigenvalue weighted by atomic mass is 10.2. The van der Waals surface area contributed by atoms with Crippen LogP contribution in [0, 0.1) is 0 Å². The number of nitrogens with one attached hydrogen (secondary N) is 2. The molecule has 2 aromatic rings. The molecule has 0 heterocycles. The smallest absolute Gasteiger partial charge is 0.250 e. The molecule has 0 aliphatic carbocycles. The van der Waals surface area contributed by atoms with Crippen molar-refractivity contribution in [3.8, 4) is 5.75 Å². The van der Waals surface area contributed by atoms with Crippen molar-refractivity contribution in [2.75, 3.05) is 12.4 Å². The van der Waals surface area contributed by atoms with E-state index in [1.165, 1.54) is 6.08 Å². The van der Waals surface area contributed by atoms with Gasteiger partial charge < -0.3 is 10.1 Å².